The van der Waals surface area contributed by atoms with Gasteiger partial charge < -0.3 is 4.74 Å². The van der Waals surface area contributed by atoms with E-state index in [1.165, 1.54) is 12.8 Å². The predicted octanol–water partition coefficient (Wildman–Crippen LogP) is 5.00. The van der Waals surface area contributed by atoms with Gasteiger partial charge in [-0.25, -0.2) is 4.79 Å². The maximum absolute atomic E-state index is 12.6. The molecule has 0 amide bonds. The summed E-state index contributed by atoms with van der Waals surface area (Å²) in [6, 6.07) is 9.26. The molecule has 1 aromatic rings. The molecule has 2 bridgehead atoms. The highest BCUT2D eigenvalue weighted by Gasteiger charge is 2.68. The molecule has 22 heavy (non-hydrogen) atoms. The zero-order chi connectivity index (χ0) is 16.2. The van der Waals surface area contributed by atoms with E-state index >= 15 is 0 Å². The van der Waals surface area contributed by atoms with Crippen molar-refractivity contribution in [1.29, 1.82) is 0 Å². The third kappa shape index (κ3) is 1.82. The lowest BCUT2D eigenvalue weighted by Gasteiger charge is -2.47. The molecule has 0 spiro atoms. The largest absolute Gasteiger partial charge is 0.423 e. The Labute approximate surface area is 133 Å². The number of ether oxygens (including phenoxy) is 1. The van der Waals surface area contributed by atoms with Gasteiger partial charge in [0.05, 0.1) is 0 Å². The molecule has 0 radical (unpaired) electrons. The lowest BCUT2D eigenvalue weighted by atomic mass is 9.57. The summed E-state index contributed by atoms with van der Waals surface area (Å²) in [6.07, 6.45) is 3.47. The second-order valence-electron chi connectivity index (χ2n) is 8.01. The number of carbonyl (C=O) groups excluding carboxylic acids is 1. The first-order valence-electron chi connectivity index (χ1n) is 8.19. The van der Waals surface area contributed by atoms with Crippen molar-refractivity contribution in [3.63, 3.8) is 0 Å². The second kappa shape index (κ2) is 4.71. The van der Waals surface area contributed by atoms with Gasteiger partial charge in [-0.2, -0.15) is 0 Å². The third-order valence-corrected chi connectivity index (χ3v) is 7.17. The number of rotatable bonds is 3. The standard InChI is InChI=1S/C20H26O2/c1-14(17(21)22-16-9-7-6-8-10-16)19(4)13-15-11-12-20(19,5)18(15,2)3/h6-10,15H,1,11-13H2,2-5H3/t15-,19?,20+/m1/s1. The molecule has 0 aromatic heterocycles. The number of carbonyl (C=O) groups is 1. The van der Waals surface area contributed by atoms with Crippen LogP contribution >= 0.6 is 0 Å². The molecule has 2 aliphatic carbocycles. The Morgan fingerprint density at radius 3 is 2.32 bits per heavy atom. The minimum absolute atomic E-state index is 0.109. The Kier molecular flexibility index (Phi) is 3.28. The lowest BCUT2D eigenvalue weighted by molar-refractivity contribution is -0.132. The monoisotopic (exact) mass is 298 g/mol. The average molecular weight is 298 g/mol. The van der Waals surface area contributed by atoms with Crippen LogP contribution in [0.3, 0.4) is 0 Å². The minimum Gasteiger partial charge on any atom is -0.423 e. The molecular weight excluding hydrogens is 272 g/mol. The summed E-state index contributed by atoms with van der Waals surface area (Å²) in [5.41, 5.74) is 0.814. The number of esters is 1. The van der Waals surface area contributed by atoms with Gasteiger partial charge in [0.1, 0.15) is 5.75 Å². The maximum atomic E-state index is 12.6. The fourth-order valence-electron chi connectivity index (χ4n) is 5.00. The van der Waals surface area contributed by atoms with Crippen LogP contribution in [0.5, 0.6) is 5.75 Å². The van der Waals surface area contributed by atoms with E-state index in [0.29, 0.717) is 17.2 Å². The third-order valence-electron chi connectivity index (χ3n) is 7.17. The van der Waals surface area contributed by atoms with Crippen LogP contribution < -0.4 is 4.74 Å². The maximum Gasteiger partial charge on any atom is 0.339 e. The van der Waals surface area contributed by atoms with Gasteiger partial charge in [-0.05, 0) is 48.1 Å². The van der Waals surface area contributed by atoms with Crippen molar-refractivity contribution in [2.75, 3.05) is 0 Å². The molecule has 1 aromatic carbocycles. The molecule has 0 aliphatic heterocycles. The predicted molar refractivity (Wildman–Crippen MR) is 88.6 cm³/mol. The zero-order valence-electron chi connectivity index (χ0n) is 14.1. The quantitative estimate of drug-likeness (QED) is 0.446. The topological polar surface area (TPSA) is 26.3 Å². The van der Waals surface area contributed by atoms with Gasteiger partial charge in [0, 0.05) is 11.0 Å². The average Bonchev–Trinajstić information content (AvgIpc) is 2.79. The van der Waals surface area contributed by atoms with Crippen LogP contribution in [0.25, 0.3) is 0 Å². The van der Waals surface area contributed by atoms with Crippen LogP contribution in [0, 0.1) is 22.2 Å². The first kappa shape index (κ1) is 15.3. The molecule has 2 heteroatoms. The van der Waals surface area contributed by atoms with Crippen LogP contribution in [0.4, 0.5) is 0 Å². The normalized spacial score (nSPS) is 35.4. The van der Waals surface area contributed by atoms with Crippen LogP contribution in [0.2, 0.25) is 0 Å². The highest BCUT2D eigenvalue weighted by atomic mass is 16.5. The molecular formula is C20H26O2. The summed E-state index contributed by atoms with van der Waals surface area (Å²) in [5.74, 6) is 0.979. The van der Waals surface area contributed by atoms with Gasteiger partial charge in [-0.1, -0.05) is 52.5 Å². The summed E-state index contributed by atoms with van der Waals surface area (Å²) in [7, 11) is 0. The van der Waals surface area contributed by atoms with E-state index in [0.717, 1.165) is 6.42 Å². The molecule has 2 nitrogen and oxygen atoms in total. The van der Waals surface area contributed by atoms with Crippen LogP contribution in [-0.2, 0) is 4.79 Å². The fraction of sp³-hybridized carbons (Fsp3) is 0.550. The molecule has 118 valence electrons. The van der Waals surface area contributed by atoms with Crippen molar-refractivity contribution in [3.8, 4) is 5.75 Å². The van der Waals surface area contributed by atoms with E-state index in [9.17, 15) is 4.79 Å². The molecule has 3 rings (SSSR count). The first-order valence-corrected chi connectivity index (χ1v) is 8.19. The van der Waals surface area contributed by atoms with Crippen LogP contribution in [0.15, 0.2) is 42.5 Å². The van der Waals surface area contributed by atoms with E-state index in [4.69, 9.17) is 4.74 Å². The summed E-state index contributed by atoms with van der Waals surface area (Å²) < 4.78 is 5.54. The van der Waals surface area contributed by atoms with Gasteiger partial charge in [0.25, 0.3) is 0 Å². The minimum atomic E-state index is -0.279. The Bertz CT molecular complexity index is 616. The van der Waals surface area contributed by atoms with E-state index < -0.39 is 0 Å². The van der Waals surface area contributed by atoms with E-state index in [1.54, 1.807) is 12.1 Å². The van der Waals surface area contributed by atoms with Gasteiger partial charge in [0.15, 0.2) is 0 Å². The van der Waals surface area contributed by atoms with Gasteiger partial charge >= 0.3 is 5.97 Å². The van der Waals surface area contributed by atoms with Crippen LogP contribution in [0.1, 0.15) is 47.0 Å². The fourth-order valence-corrected chi connectivity index (χ4v) is 5.00. The Balaban J connectivity index is 1.85. The SMILES string of the molecule is C=C(C(=O)Oc1ccccc1)C1(C)C[C@H]2CC[C@@]1(C)C2(C)C. The van der Waals surface area contributed by atoms with Crippen molar-refractivity contribution < 1.29 is 9.53 Å². The highest BCUT2D eigenvalue weighted by molar-refractivity contribution is 5.91. The number of benzene rings is 1. The van der Waals surface area contributed by atoms with Crippen molar-refractivity contribution in [3.05, 3.63) is 42.5 Å². The number of fused-ring (bicyclic) bond motifs is 2. The Morgan fingerprint density at radius 2 is 1.82 bits per heavy atom. The summed E-state index contributed by atoms with van der Waals surface area (Å²) in [4.78, 5) is 12.6. The Morgan fingerprint density at radius 1 is 1.18 bits per heavy atom. The van der Waals surface area contributed by atoms with Crippen molar-refractivity contribution >= 4 is 5.97 Å². The molecule has 0 saturated heterocycles. The summed E-state index contributed by atoms with van der Waals surface area (Å²) in [6.45, 7) is 13.4. The number of hydrogen-bond donors (Lipinski definition) is 0. The molecule has 1 unspecified atom stereocenters. The summed E-state index contributed by atoms with van der Waals surface area (Å²) in [5, 5.41) is 0. The van der Waals surface area contributed by atoms with Gasteiger partial charge in [0.2, 0.25) is 0 Å². The highest BCUT2D eigenvalue weighted by Crippen LogP contribution is 2.74. The molecule has 2 saturated carbocycles. The smallest absolute Gasteiger partial charge is 0.339 e. The summed E-state index contributed by atoms with van der Waals surface area (Å²) >= 11 is 0. The van der Waals surface area contributed by atoms with E-state index in [1.807, 2.05) is 18.2 Å². The number of para-hydroxylation sites is 1. The van der Waals surface area contributed by atoms with Gasteiger partial charge in [-0.15, -0.1) is 0 Å². The second-order valence-corrected chi connectivity index (χ2v) is 8.01. The zero-order valence-corrected chi connectivity index (χ0v) is 14.1. The van der Waals surface area contributed by atoms with Crippen LogP contribution in [-0.4, -0.2) is 5.97 Å². The molecule has 3 atom stereocenters. The number of hydrogen-bond acceptors (Lipinski definition) is 2. The molecule has 2 aliphatic rings. The van der Waals surface area contributed by atoms with Gasteiger partial charge in [-0.3, -0.25) is 0 Å². The van der Waals surface area contributed by atoms with Crippen molar-refractivity contribution in [1.82, 2.24) is 0 Å². The molecule has 0 heterocycles. The molecule has 2 fully saturated rings. The first-order chi connectivity index (χ1) is 10.2. The van der Waals surface area contributed by atoms with Crippen molar-refractivity contribution in [2.24, 2.45) is 22.2 Å². The van der Waals surface area contributed by atoms with E-state index in [2.05, 4.69) is 34.3 Å². The Hall–Kier alpha value is -1.57. The lowest BCUT2D eigenvalue weighted by Crippen LogP contribution is -2.43. The van der Waals surface area contributed by atoms with E-state index in [-0.39, 0.29) is 22.2 Å². The molecule has 0 N–H and O–H groups in total. The van der Waals surface area contributed by atoms with Crippen molar-refractivity contribution in [2.45, 2.75) is 47.0 Å².